The molecule has 1 fully saturated rings. The number of ether oxygens (including phenoxy) is 1. The van der Waals surface area contributed by atoms with Crippen molar-refractivity contribution in [1.29, 1.82) is 0 Å². The third-order valence-corrected chi connectivity index (χ3v) is 5.28. The highest BCUT2D eigenvalue weighted by Gasteiger charge is 2.44. The van der Waals surface area contributed by atoms with Gasteiger partial charge in [0.2, 0.25) is 0 Å². The minimum absolute atomic E-state index is 0.0644. The zero-order chi connectivity index (χ0) is 14.5. The quantitative estimate of drug-likeness (QED) is 0.740. The second kappa shape index (κ2) is 7.08. The summed E-state index contributed by atoms with van der Waals surface area (Å²) in [5.74, 6) is 0.769. The van der Waals surface area contributed by atoms with E-state index in [4.69, 9.17) is 4.74 Å². The molecule has 0 saturated heterocycles. The van der Waals surface area contributed by atoms with Crippen molar-refractivity contribution in [3.05, 3.63) is 0 Å². The van der Waals surface area contributed by atoms with Crippen LogP contribution < -0.4 is 5.32 Å². The Balaban J connectivity index is 2.78. The lowest BCUT2D eigenvalue weighted by Crippen LogP contribution is -2.55. The maximum absolute atomic E-state index is 6.07. The standard InChI is InChI=1S/C17H35NO/c1-7-14(3)13-15(18-8-2)17(19-6)11-9-16(4,5)10-12-17/h14-15,18H,7-13H2,1-6H3. The summed E-state index contributed by atoms with van der Waals surface area (Å²) < 4.78 is 6.07. The molecule has 1 saturated carbocycles. The molecule has 0 bridgehead atoms. The Hall–Kier alpha value is -0.0800. The lowest BCUT2D eigenvalue weighted by Gasteiger charge is -2.48. The van der Waals surface area contributed by atoms with Crippen LogP contribution in [0.2, 0.25) is 0 Å². The van der Waals surface area contributed by atoms with Crippen molar-refractivity contribution in [3.8, 4) is 0 Å². The molecule has 0 aromatic carbocycles. The molecule has 2 atom stereocenters. The molecule has 2 nitrogen and oxygen atoms in total. The molecule has 1 N–H and O–H groups in total. The zero-order valence-electron chi connectivity index (χ0n) is 14.0. The van der Waals surface area contributed by atoms with Crippen LogP contribution in [-0.4, -0.2) is 25.3 Å². The van der Waals surface area contributed by atoms with Gasteiger partial charge >= 0.3 is 0 Å². The predicted octanol–water partition coefficient (Wildman–Crippen LogP) is 4.39. The average molecular weight is 269 g/mol. The normalized spacial score (nSPS) is 24.9. The fourth-order valence-corrected chi connectivity index (χ4v) is 3.34. The van der Waals surface area contributed by atoms with Crippen LogP contribution in [0.15, 0.2) is 0 Å². The predicted molar refractivity (Wildman–Crippen MR) is 83.5 cm³/mol. The third kappa shape index (κ3) is 4.46. The SMILES string of the molecule is CCNC(CC(C)CC)C1(OC)CCC(C)(C)CC1. The van der Waals surface area contributed by atoms with Crippen molar-refractivity contribution in [3.63, 3.8) is 0 Å². The first-order valence-corrected chi connectivity index (χ1v) is 8.17. The molecule has 0 spiro atoms. The Morgan fingerprint density at radius 3 is 2.11 bits per heavy atom. The van der Waals surface area contributed by atoms with Crippen LogP contribution >= 0.6 is 0 Å². The number of nitrogens with one attached hydrogen (secondary N) is 1. The van der Waals surface area contributed by atoms with Crippen LogP contribution in [-0.2, 0) is 4.74 Å². The van der Waals surface area contributed by atoms with Crippen molar-refractivity contribution < 1.29 is 4.74 Å². The van der Waals surface area contributed by atoms with E-state index in [-0.39, 0.29) is 5.60 Å². The lowest BCUT2D eigenvalue weighted by atomic mass is 9.67. The fourth-order valence-electron chi connectivity index (χ4n) is 3.34. The van der Waals surface area contributed by atoms with E-state index in [0.29, 0.717) is 11.5 Å². The van der Waals surface area contributed by atoms with Crippen LogP contribution in [0.25, 0.3) is 0 Å². The summed E-state index contributed by atoms with van der Waals surface area (Å²) in [6.07, 6.45) is 7.45. The fraction of sp³-hybridized carbons (Fsp3) is 1.00. The number of methoxy groups -OCH3 is 1. The first kappa shape index (κ1) is 17.0. The molecule has 0 aromatic heterocycles. The van der Waals surface area contributed by atoms with Gasteiger partial charge in [0.25, 0.3) is 0 Å². The summed E-state index contributed by atoms with van der Waals surface area (Å²) in [6.45, 7) is 12.7. The lowest BCUT2D eigenvalue weighted by molar-refractivity contribution is -0.0901. The molecular weight excluding hydrogens is 234 g/mol. The Morgan fingerprint density at radius 2 is 1.68 bits per heavy atom. The highest BCUT2D eigenvalue weighted by Crippen LogP contribution is 2.44. The average Bonchev–Trinajstić information content (AvgIpc) is 2.39. The monoisotopic (exact) mass is 269 g/mol. The van der Waals surface area contributed by atoms with E-state index in [0.717, 1.165) is 12.5 Å². The molecule has 2 heteroatoms. The van der Waals surface area contributed by atoms with Gasteiger partial charge in [-0.25, -0.2) is 0 Å². The van der Waals surface area contributed by atoms with Crippen molar-refractivity contribution in [2.45, 2.75) is 84.8 Å². The summed E-state index contributed by atoms with van der Waals surface area (Å²) in [5, 5.41) is 3.71. The van der Waals surface area contributed by atoms with Gasteiger partial charge in [-0.1, -0.05) is 41.0 Å². The van der Waals surface area contributed by atoms with Crippen LogP contribution in [0.4, 0.5) is 0 Å². The molecule has 0 radical (unpaired) electrons. The smallest absolute Gasteiger partial charge is 0.0831 e. The van der Waals surface area contributed by atoms with E-state index in [1.54, 1.807) is 0 Å². The molecule has 2 unspecified atom stereocenters. The number of hydrogen-bond acceptors (Lipinski definition) is 2. The van der Waals surface area contributed by atoms with Gasteiger partial charge in [0, 0.05) is 13.2 Å². The minimum Gasteiger partial charge on any atom is -0.377 e. The van der Waals surface area contributed by atoms with Crippen molar-refractivity contribution >= 4 is 0 Å². The molecule has 19 heavy (non-hydrogen) atoms. The van der Waals surface area contributed by atoms with Gasteiger partial charge in [0.05, 0.1) is 5.60 Å². The van der Waals surface area contributed by atoms with E-state index < -0.39 is 0 Å². The minimum atomic E-state index is 0.0644. The first-order valence-electron chi connectivity index (χ1n) is 8.17. The van der Waals surface area contributed by atoms with E-state index in [9.17, 15) is 0 Å². The van der Waals surface area contributed by atoms with Gasteiger partial charge in [0.15, 0.2) is 0 Å². The van der Waals surface area contributed by atoms with Crippen LogP contribution in [0, 0.1) is 11.3 Å². The Kier molecular flexibility index (Phi) is 6.32. The maximum Gasteiger partial charge on any atom is 0.0831 e. The largest absolute Gasteiger partial charge is 0.377 e. The van der Waals surface area contributed by atoms with E-state index in [2.05, 4.69) is 39.9 Å². The topological polar surface area (TPSA) is 21.3 Å². The molecule has 0 heterocycles. The molecule has 0 aromatic rings. The van der Waals surface area contributed by atoms with Gasteiger partial charge in [0.1, 0.15) is 0 Å². The molecule has 0 amide bonds. The van der Waals surface area contributed by atoms with Gasteiger partial charge < -0.3 is 10.1 Å². The van der Waals surface area contributed by atoms with Gasteiger partial charge in [-0.05, 0) is 50.0 Å². The van der Waals surface area contributed by atoms with Gasteiger partial charge in [-0.2, -0.15) is 0 Å². The third-order valence-electron chi connectivity index (χ3n) is 5.28. The van der Waals surface area contributed by atoms with Crippen molar-refractivity contribution in [2.75, 3.05) is 13.7 Å². The summed E-state index contributed by atoms with van der Waals surface area (Å²) >= 11 is 0. The Morgan fingerprint density at radius 1 is 1.11 bits per heavy atom. The van der Waals surface area contributed by atoms with Crippen molar-refractivity contribution in [2.24, 2.45) is 11.3 Å². The highest BCUT2D eigenvalue weighted by molar-refractivity contribution is 4.99. The molecule has 0 aliphatic heterocycles. The second-order valence-corrected chi connectivity index (χ2v) is 7.29. The van der Waals surface area contributed by atoms with E-state index >= 15 is 0 Å². The molecular formula is C17H35NO. The van der Waals surface area contributed by atoms with Crippen molar-refractivity contribution in [1.82, 2.24) is 5.32 Å². The van der Waals surface area contributed by atoms with Gasteiger partial charge in [-0.3, -0.25) is 0 Å². The number of rotatable bonds is 7. The molecule has 1 aliphatic carbocycles. The number of likely N-dealkylation sites (N-methyl/N-ethyl adjacent to an activating group) is 1. The molecule has 1 rings (SSSR count). The Labute approximate surface area is 120 Å². The Bertz CT molecular complexity index is 252. The van der Waals surface area contributed by atoms with Crippen LogP contribution in [0.3, 0.4) is 0 Å². The van der Waals surface area contributed by atoms with Crippen LogP contribution in [0.1, 0.15) is 73.1 Å². The summed E-state index contributed by atoms with van der Waals surface area (Å²) in [4.78, 5) is 0. The summed E-state index contributed by atoms with van der Waals surface area (Å²) in [7, 11) is 1.92. The molecule has 114 valence electrons. The number of hydrogen-bond donors (Lipinski definition) is 1. The second-order valence-electron chi connectivity index (χ2n) is 7.29. The maximum atomic E-state index is 6.07. The zero-order valence-corrected chi connectivity index (χ0v) is 14.0. The summed E-state index contributed by atoms with van der Waals surface area (Å²) in [6, 6.07) is 0.508. The van der Waals surface area contributed by atoms with Crippen LogP contribution in [0.5, 0.6) is 0 Å². The first-order chi connectivity index (χ1) is 8.89. The van der Waals surface area contributed by atoms with Gasteiger partial charge in [-0.15, -0.1) is 0 Å². The highest BCUT2D eigenvalue weighted by atomic mass is 16.5. The van der Waals surface area contributed by atoms with E-state index in [1.165, 1.54) is 38.5 Å². The molecule has 1 aliphatic rings. The summed E-state index contributed by atoms with van der Waals surface area (Å²) in [5.41, 5.74) is 0.560. The van der Waals surface area contributed by atoms with E-state index in [1.807, 2.05) is 7.11 Å².